The SMILES string of the molecule is CCOc1ccccc1C=CC(=O)N1CCC2(CC1)CCN(C(=O)c1ccc(S(C)(=O)=O)s1)C2. The van der Waals surface area contributed by atoms with E-state index >= 15 is 0 Å². The highest BCUT2D eigenvalue weighted by Gasteiger charge is 2.43. The third-order valence-electron chi connectivity index (χ3n) is 6.64. The van der Waals surface area contributed by atoms with Crippen LogP contribution in [0, 0.1) is 5.41 Å². The van der Waals surface area contributed by atoms with Crippen molar-refractivity contribution in [1.29, 1.82) is 0 Å². The Morgan fingerprint density at radius 1 is 1.06 bits per heavy atom. The van der Waals surface area contributed by atoms with E-state index in [-0.39, 0.29) is 21.4 Å². The number of para-hydroxylation sites is 1. The first kappa shape index (κ1) is 24.5. The van der Waals surface area contributed by atoms with E-state index in [1.807, 2.05) is 41.0 Å². The van der Waals surface area contributed by atoms with Crippen molar-refractivity contribution in [3.63, 3.8) is 0 Å². The fraction of sp³-hybridized carbons (Fsp3) is 0.440. The minimum Gasteiger partial charge on any atom is -0.493 e. The first-order valence-corrected chi connectivity index (χ1v) is 14.2. The summed E-state index contributed by atoms with van der Waals surface area (Å²) < 4.78 is 29.3. The standard InChI is InChI=1S/C25H30N2O5S2/c1-3-32-20-7-5-4-6-19(20)8-10-22(28)26-15-12-25(13-16-26)14-17-27(18-25)24(29)21-9-11-23(33-21)34(2,30)31/h4-11H,3,12-18H2,1-2H3. The van der Waals surface area contributed by atoms with Gasteiger partial charge in [0.15, 0.2) is 9.84 Å². The second-order valence-corrected chi connectivity index (χ2v) is 12.3. The van der Waals surface area contributed by atoms with Crippen molar-refractivity contribution in [1.82, 2.24) is 9.80 Å². The Hall–Kier alpha value is -2.65. The molecule has 0 bridgehead atoms. The van der Waals surface area contributed by atoms with Crippen molar-refractivity contribution < 1.29 is 22.7 Å². The minimum atomic E-state index is -3.31. The monoisotopic (exact) mass is 502 g/mol. The molecule has 0 atom stereocenters. The number of hydrogen-bond donors (Lipinski definition) is 0. The summed E-state index contributed by atoms with van der Waals surface area (Å²) in [5.74, 6) is 0.641. The summed E-state index contributed by atoms with van der Waals surface area (Å²) >= 11 is 1.03. The van der Waals surface area contributed by atoms with Gasteiger partial charge in [0.25, 0.3) is 5.91 Å². The van der Waals surface area contributed by atoms with E-state index in [1.165, 1.54) is 6.07 Å². The average Bonchev–Trinajstić information content (AvgIpc) is 3.47. The van der Waals surface area contributed by atoms with Gasteiger partial charge >= 0.3 is 0 Å². The van der Waals surface area contributed by atoms with Gasteiger partial charge in [0.2, 0.25) is 5.91 Å². The number of hydrogen-bond acceptors (Lipinski definition) is 6. The highest BCUT2D eigenvalue weighted by molar-refractivity contribution is 7.92. The summed E-state index contributed by atoms with van der Waals surface area (Å²) in [7, 11) is -3.31. The lowest BCUT2D eigenvalue weighted by atomic mass is 9.78. The van der Waals surface area contributed by atoms with E-state index in [2.05, 4.69) is 0 Å². The first-order chi connectivity index (χ1) is 16.2. The Balaban J connectivity index is 1.33. The van der Waals surface area contributed by atoms with Crippen LogP contribution < -0.4 is 4.74 Å². The molecule has 1 aromatic heterocycles. The lowest BCUT2D eigenvalue weighted by Crippen LogP contribution is -2.44. The summed E-state index contributed by atoms with van der Waals surface area (Å²) in [5, 5.41) is 0. The molecule has 0 N–H and O–H groups in total. The molecule has 0 unspecified atom stereocenters. The molecule has 182 valence electrons. The summed E-state index contributed by atoms with van der Waals surface area (Å²) in [6, 6.07) is 10.8. The van der Waals surface area contributed by atoms with Crippen molar-refractivity contribution in [3.8, 4) is 5.75 Å². The number of amides is 2. The van der Waals surface area contributed by atoms with Gasteiger partial charge in [0.1, 0.15) is 9.96 Å². The van der Waals surface area contributed by atoms with Gasteiger partial charge in [-0.05, 0) is 55.9 Å². The van der Waals surface area contributed by atoms with E-state index < -0.39 is 9.84 Å². The van der Waals surface area contributed by atoms with Gasteiger partial charge in [-0.25, -0.2) is 8.42 Å². The smallest absolute Gasteiger partial charge is 0.263 e. The highest BCUT2D eigenvalue weighted by atomic mass is 32.2. The fourth-order valence-electron chi connectivity index (χ4n) is 4.68. The van der Waals surface area contributed by atoms with Crippen LogP contribution in [0.1, 0.15) is 41.4 Å². The molecular formula is C25H30N2O5S2. The second kappa shape index (κ2) is 9.92. The second-order valence-electron chi connectivity index (χ2n) is 9.00. The molecular weight excluding hydrogens is 472 g/mol. The van der Waals surface area contributed by atoms with Gasteiger partial charge in [-0.15, -0.1) is 11.3 Å². The van der Waals surface area contributed by atoms with Gasteiger partial charge in [0, 0.05) is 44.1 Å². The first-order valence-electron chi connectivity index (χ1n) is 11.5. The average molecular weight is 503 g/mol. The molecule has 34 heavy (non-hydrogen) atoms. The molecule has 2 aliphatic heterocycles. The predicted molar refractivity (Wildman–Crippen MR) is 133 cm³/mol. The zero-order valence-corrected chi connectivity index (χ0v) is 21.2. The Bertz CT molecular complexity index is 1190. The Kier molecular flexibility index (Phi) is 7.14. The maximum absolute atomic E-state index is 12.9. The van der Waals surface area contributed by atoms with Gasteiger partial charge in [0.05, 0.1) is 11.5 Å². The number of piperidine rings is 1. The number of carbonyl (C=O) groups is 2. The number of likely N-dealkylation sites (tertiary alicyclic amines) is 2. The molecule has 2 aliphatic rings. The molecule has 0 aliphatic carbocycles. The molecule has 4 rings (SSSR count). The van der Waals surface area contributed by atoms with Crippen molar-refractivity contribution in [2.45, 2.75) is 30.4 Å². The number of carbonyl (C=O) groups excluding carboxylic acids is 2. The number of nitrogens with zero attached hydrogens (tertiary/aromatic N) is 2. The Morgan fingerprint density at radius 3 is 2.38 bits per heavy atom. The third kappa shape index (κ3) is 5.36. The van der Waals surface area contributed by atoms with Crippen molar-refractivity contribution in [2.75, 3.05) is 39.0 Å². The largest absolute Gasteiger partial charge is 0.493 e. The van der Waals surface area contributed by atoms with Gasteiger partial charge < -0.3 is 14.5 Å². The molecule has 1 spiro atoms. The normalized spacial score (nSPS) is 18.1. The number of thiophene rings is 1. The molecule has 9 heteroatoms. The van der Waals surface area contributed by atoms with Crippen LogP contribution in [0.15, 0.2) is 46.7 Å². The number of rotatable bonds is 6. The minimum absolute atomic E-state index is 0.0148. The van der Waals surface area contributed by atoms with E-state index in [0.29, 0.717) is 37.7 Å². The summed E-state index contributed by atoms with van der Waals surface area (Å²) in [5.41, 5.74) is 0.901. The summed E-state index contributed by atoms with van der Waals surface area (Å²) in [6.45, 7) is 5.13. The predicted octanol–water partition coefficient (Wildman–Crippen LogP) is 3.72. The molecule has 2 aromatic rings. The molecule has 3 heterocycles. The van der Waals surface area contributed by atoms with Crippen molar-refractivity contribution in [3.05, 3.63) is 52.9 Å². The van der Waals surface area contributed by atoms with Gasteiger partial charge in [-0.3, -0.25) is 9.59 Å². The van der Waals surface area contributed by atoms with Crippen LogP contribution in [-0.4, -0.2) is 69.1 Å². The highest BCUT2D eigenvalue weighted by Crippen LogP contribution is 2.41. The van der Waals surface area contributed by atoms with Gasteiger partial charge in [-0.1, -0.05) is 18.2 Å². The maximum Gasteiger partial charge on any atom is 0.263 e. The van der Waals surface area contributed by atoms with Crippen LogP contribution in [0.4, 0.5) is 0 Å². The lowest BCUT2D eigenvalue weighted by molar-refractivity contribution is -0.128. The molecule has 1 aromatic carbocycles. The van der Waals surface area contributed by atoms with Crippen LogP contribution in [0.3, 0.4) is 0 Å². The zero-order chi connectivity index (χ0) is 24.3. The maximum atomic E-state index is 12.9. The van der Waals surface area contributed by atoms with Crippen molar-refractivity contribution >= 4 is 39.1 Å². The molecule has 2 saturated heterocycles. The van der Waals surface area contributed by atoms with Crippen LogP contribution in [-0.2, 0) is 14.6 Å². The Labute approximate surface area is 204 Å². The van der Waals surface area contributed by atoms with E-state index in [9.17, 15) is 18.0 Å². The van der Waals surface area contributed by atoms with E-state index in [0.717, 1.165) is 48.2 Å². The molecule has 0 saturated carbocycles. The molecule has 7 nitrogen and oxygen atoms in total. The van der Waals surface area contributed by atoms with Crippen LogP contribution in [0.2, 0.25) is 0 Å². The van der Waals surface area contributed by atoms with Crippen LogP contribution >= 0.6 is 11.3 Å². The zero-order valence-electron chi connectivity index (χ0n) is 19.5. The van der Waals surface area contributed by atoms with E-state index in [4.69, 9.17) is 4.74 Å². The van der Waals surface area contributed by atoms with Gasteiger partial charge in [-0.2, -0.15) is 0 Å². The topological polar surface area (TPSA) is 84.0 Å². The molecule has 0 radical (unpaired) electrons. The molecule has 2 amide bonds. The Morgan fingerprint density at radius 2 is 1.74 bits per heavy atom. The van der Waals surface area contributed by atoms with Crippen LogP contribution in [0.25, 0.3) is 6.08 Å². The molecule has 2 fully saturated rings. The number of ether oxygens (including phenoxy) is 1. The third-order valence-corrected chi connectivity index (χ3v) is 9.54. The number of sulfone groups is 1. The summed E-state index contributed by atoms with van der Waals surface area (Å²) in [6.07, 6.45) is 7.17. The van der Waals surface area contributed by atoms with E-state index in [1.54, 1.807) is 18.2 Å². The van der Waals surface area contributed by atoms with Crippen molar-refractivity contribution in [2.24, 2.45) is 5.41 Å². The quantitative estimate of drug-likeness (QED) is 0.562. The lowest BCUT2D eigenvalue weighted by Gasteiger charge is -2.38. The number of benzene rings is 1. The fourth-order valence-corrected chi connectivity index (χ4v) is 6.58. The summed E-state index contributed by atoms with van der Waals surface area (Å²) in [4.78, 5) is 29.9. The van der Waals surface area contributed by atoms with Crippen LogP contribution in [0.5, 0.6) is 5.75 Å².